The Bertz CT molecular complexity index is 1500. The predicted octanol–water partition coefficient (Wildman–Crippen LogP) is 2.50. The molecule has 0 radical (unpaired) electrons. The van der Waals surface area contributed by atoms with E-state index in [1.54, 1.807) is 12.1 Å². The van der Waals surface area contributed by atoms with Crippen LogP contribution in [0.25, 0.3) is 0 Å². The van der Waals surface area contributed by atoms with Crippen LogP contribution in [0.5, 0.6) is 5.75 Å². The van der Waals surface area contributed by atoms with Crippen molar-refractivity contribution in [2.24, 2.45) is 0 Å². The third kappa shape index (κ3) is 4.02. The number of allylic oxidation sites excluding steroid dienone is 2. The summed E-state index contributed by atoms with van der Waals surface area (Å²) in [5, 5.41) is 13.1. The summed E-state index contributed by atoms with van der Waals surface area (Å²) in [7, 11) is 1.19. The number of esters is 1. The molecule has 1 unspecified atom stereocenters. The Kier molecular flexibility index (Phi) is 6.05. The summed E-state index contributed by atoms with van der Waals surface area (Å²) in [6, 6.07) is 15.6. The van der Waals surface area contributed by atoms with E-state index < -0.39 is 29.7 Å². The number of ketones is 1. The summed E-state index contributed by atoms with van der Waals surface area (Å²) >= 11 is 0. The Hall–Kier alpha value is -4.40. The predicted molar refractivity (Wildman–Crippen MR) is 132 cm³/mol. The van der Waals surface area contributed by atoms with E-state index in [9.17, 15) is 24.3 Å². The number of benzene rings is 2. The van der Waals surface area contributed by atoms with Crippen molar-refractivity contribution in [3.05, 3.63) is 103 Å². The van der Waals surface area contributed by atoms with Crippen LogP contribution in [0.3, 0.4) is 0 Å². The largest absolute Gasteiger partial charge is 0.508 e. The van der Waals surface area contributed by atoms with Gasteiger partial charge in [0.05, 0.1) is 19.2 Å². The fraction of sp³-hybridized carbons (Fsp3) is 0.259. The first kappa shape index (κ1) is 23.3. The number of hydrogen-bond acceptors (Lipinski definition) is 7. The molecule has 1 aliphatic heterocycles. The van der Waals surface area contributed by atoms with E-state index in [0.29, 0.717) is 41.9 Å². The average molecular weight is 488 g/mol. The number of nitrogens with zero attached hydrogens (tertiary/aromatic N) is 2. The summed E-state index contributed by atoms with van der Waals surface area (Å²) < 4.78 is 7.04. The summed E-state index contributed by atoms with van der Waals surface area (Å²) in [5.41, 5.74) is 1.50. The molecule has 0 fully saturated rings. The zero-order valence-electron chi connectivity index (χ0n) is 19.7. The molecule has 5 rings (SSSR count). The first-order valence-corrected chi connectivity index (χ1v) is 11.7. The number of Topliss-reactive ketones (excluding diaryl/α,β-unsaturated/α-hetero) is 1. The van der Waals surface area contributed by atoms with Crippen LogP contribution < -0.4 is 16.6 Å². The minimum atomic E-state index is -0.760. The zero-order valence-corrected chi connectivity index (χ0v) is 19.7. The van der Waals surface area contributed by atoms with Gasteiger partial charge in [0, 0.05) is 23.6 Å². The second-order valence-corrected chi connectivity index (χ2v) is 8.90. The first-order chi connectivity index (χ1) is 17.4. The number of anilines is 1. The van der Waals surface area contributed by atoms with Crippen LogP contribution in [-0.2, 0) is 27.4 Å². The number of hydrogen-bond donors (Lipinski definition) is 2. The highest BCUT2D eigenvalue weighted by atomic mass is 16.5. The maximum Gasteiger partial charge on any atom is 0.333 e. The second-order valence-electron chi connectivity index (χ2n) is 8.90. The van der Waals surface area contributed by atoms with E-state index >= 15 is 0 Å². The highest BCUT2D eigenvalue weighted by molar-refractivity contribution is 6.00. The standard InChI is InChI=1S/C27H25N3O6/c1-36-21(33)15-30-26(34)24-22(17-10-12-18(31)13-11-17)23-19(8-5-9-20(23)32)28-25(24)29(27(30)35)14-16-6-3-2-4-7-16/h2-4,6-7,10-13,22,28,31H,5,8-9,14-15H2,1H3. The molecule has 0 saturated heterocycles. The molecule has 0 bridgehead atoms. The number of nitrogens with one attached hydrogen (secondary N) is 1. The number of ether oxygens (including phenoxy) is 1. The number of rotatable bonds is 5. The molecule has 36 heavy (non-hydrogen) atoms. The molecule has 9 heteroatoms. The van der Waals surface area contributed by atoms with Crippen LogP contribution in [0, 0.1) is 0 Å². The Labute approximate surface area is 206 Å². The molecule has 0 saturated carbocycles. The molecule has 0 amide bonds. The second kappa shape index (κ2) is 9.33. The van der Waals surface area contributed by atoms with Gasteiger partial charge in [0.2, 0.25) is 0 Å². The minimum Gasteiger partial charge on any atom is -0.508 e. The molecule has 2 N–H and O–H groups in total. The summed E-state index contributed by atoms with van der Waals surface area (Å²) in [6.45, 7) is -0.409. The molecular weight excluding hydrogens is 462 g/mol. The van der Waals surface area contributed by atoms with Gasteiger partial charge in [-0.15, -0.1) is 0 Å². The van der Waals surface area contributed by atoms with Gasteiger partial charge in [0.1, 0.15) is 18.1 Å². The number of fused-ring (bicyclic) bond motifs is 1. The number of carbonyl (C=O) groups is 2. The average Bonchev–Trinajstić information content (AvgIpc) is 2.89. The Balaban J connectivity index is 1.82. The van der Waals surface area contributed by atoms with Crippen molar-refractivity contribution in [2.45, 2.75) is 38.3 Å². The van der Waals surface area contributed by atoms with E-state index in [2.05, 4.69) is 5.32 Å². The van der Waals surface area contributed by atoms with Crippen molar-refractivity contribution in [3.8, 4) is 5.75 Å². The molecular formula is C27H25N3O6. The number of phenolic OH excluding ortho intramolecular Hbond substituents is 1. The lowest BCUT2D eigenvalue weighted by molar-refractivity contribution is -0.141. The Morgan fingerprint density at radius 1 is 1.03 bits per heavy atom. The summed E-state index contributed by atoms with van der Waals surface area (Å²) in [4.78, 5) is 52.7. The van der Waals surface area contributed by atoms with Crippen LogP contribution in [-0.4, -0.2) is 33.1 Å². The van der Waals surface area contributed by atoms with Crippen molar-refractivity contribution < 1.29 is 19.4 Å². The molecule has 1 aromatic heterocycles. The molecule has 2 heterocycles. The van der Waals surface area contributed by atoms with Crippen LogP contribution in [0.1, 0.15) is 41.9 Å². The van der Waals surface area contributed by atoms with Gasteiger partial charge < -0.3 is 15.2 Å². The normalized spacial score (nSPS) is 16.7. The van der Waals surface area contributed by atoms with Crippen LogP contribution in [0.2, 0.25) is 0 Å². The van der Waals surface area contributed by atoms with Crippen molar-refractivity contribution in [2.75, 3.05) is 12.4 Å². The molecule has 2 aliphatic rings. The van der Waals surface area contributed by atoms with Gasteiger partial charge in [-0.25, -0.2) is 9.36 Å². The fourth-order valence-corrected chi connectivity index (χ4v) is 4.98. The molecule has 184 valence electrons. The summed E-state index contributed by atoms with van der Waals surface area (Å²) in [5.74, 6) is -1.22. The van der Waals surface area contributed by atoms with Crippen LogP contribution in [0.4, 0.5) is 5.82 Å². The van der Waals surface area contributed by atoms with Crippen LogP contribution in [0.15, 0.2) is 75.5 Å². The van der Waals surface area contributed by atoms with E-state index in [0.717, 1.165) is 10.1 Å². The van der Waals surface area contributed by atoms with Crippen molar-refractivity contribution in [3.63, 3.8) is 0 Å². The summed E-state index contributed by atoms with van der Waals surface area (Å²) in [6.07, 6.45) is 1.61. The van der Waals surface area contributed by atoms with Gasteiger partial charge in [-0.1, -0.05) is 42.5 Å². The lowest BCUT2D eigenvalue weighted by Crippen LogP contribution is -2.47. The van der Waals surface area contributed by atoms with Crippen molar-refractivity contribution in [1.29, 1.82) is 0 Å². The number of carbonyl (C=O) groups excluding carboxylic acids is 2. The van der Waals surface area contributed by atoms with Gasteiger partial charge in [0.25, 0.3) is 5.56 Å². The van der Waals surface area contributed by atoms with Gasteiger partial charge in [-0.3, -0.25) is 19.0 Å². The minimum absolute atomic E-state index is 0.0502. The number of aromatic nitrogens is 2. The van der Waals surface area contributed by atoms with Gasteiger partial charge >= 0.3 is 11.7 Å². The maximum absolute atomic E-state index is 13.8. The van der Waals surface area contributed by atoms with Crippen molar-refractivity contribution >= 4 is 17.6 Å². The third-order valence-corrected chi connectivity index (χ3v) is 6.69. The number of phenols is 1. The lowest BCUT2D eigenvalue weighted by atomic mass is 9.76. The molecule has 9 nitrogen and oxygen atoms in total. The lowest BCUT2D eigenvalue weighted by Gasteiger charge is -2.35. The highest BCUT2D eigenvalue weighted by Gasteiger charge is 2.39. The molecule has 1 aliphatic carbocycles. The van der Waals surface area contributed by atoms with Gasteiger partial charge in [-0.05, 0) is 36.1 Å². The van der Waals surface area contributed by atoms with E-state index in [1.165, 1.54) is 23.8 Å². The smallest absolute Gasteiger partial charge is 0.333 e. The Morgan fingerprint density at radius 2 is 1.75 bits per heavy atom. The number of methoxy groups -OCH3 is 1. The first-order valence-electron chi connectivity index (χ1n) is 11.7. The zero-order chi connectivity index (χ0) is 25.4. The quantitative estimate of drug-likeness (QED) is 0.531. The van der Waals surface area contributed by atoms with Crippen LogP contribution >= 0.6 is 0 Å². The molecule has 0 spiro atoms. The van der Waals surface area contributed by atoms with Crippen molar-refractivity contribution in [1.82, 2.24) is 9.13 Å². The van der Waals surface area contributed by atoms with Gasteiger partial charge in [-0.2, -0.15) is 0 Å². The maximum atomic E-state index is 13.8. The van der Waals surface area contributed by atoms with E-state index in [-0.39, 0.29) is 23.6 Å². The third-order valence-electron chi connectivity index (χ3n) is 6.69. The fourth-order valence-electron chi connectivity index (χ4n) is 4.98. The van der Waals surface area contributed by atoms with E-state index in [1.807, 2.05) is 30.3 Å². The topological polar surface area (TPSA) is 120 Å². The van der Waals surface area contributed by atoms with Gasteiger partial charge in [0.15, 0.2) is 5.78 Å². The molecule has 1 atom stereocenters. The monoisotopic (exact) mass is 487 g/mol. The SMILES string of the molecule is COC(=O)Cn1c(=O)c2c(n(Cc3ccccc3)c1=O)NC1=C(C(=O)CCC1)C2c1ccc(O)cc1. The Morgan fingerprint density at radius 3 is 2.44 bits per heavy atom. The highest BCUT2D eigenvalue weighted by Crippen LogP contribution is 2.43. The van der Waals surface area contributed by atoms with E-state index in [4.69, 9.17) is 4.74 Å². The number of aromatic hydroxyl groups is 1. The molecule has 3 aromatic rings. The molecule has 2 aromatic carbocycles.